The van der Waals surface area contributed by atoms with Gasteiger partial charge in [-0.1, -0.05) is 41.0 Å². The number of aliphatic hydroxyl groups is 4. The van der Waals surface area contributed by atoms with Crippen LogP contribution in [0.4, 0.5) is 5.69 Å². The molecule has 1 aliphatic rings. The molecule has 2 heterocycles. The molecule has 0 saturated carbocycles. The molecule has 2 aromatic carbocycles. The van der Waals surface area contributed by atoms with Crippen LogP contribution >= 0.6 is 11.6 Å². The summed E-state index contributed by atoms with van der Waals surface area (Å²) in [6.45, 7) is 1.21. The van der Waals surface area contributed by atoms with Gasteiger partial charge in [0.15, 0.2) is 0 Å². The Morgan fingerprint density at radius 2 is 1.76 bits per heavy atom. The predicted octanol–water partition coefficient (Wildman–Crippen LogP) is 1.35. The lowest BCUT2D eigenvalue weighted by molar-refractivity contribution is -0.144. The molecule has 0 spiro atoms. The molecular weight excluding hydrogens is 460 g/mol. The molecule has 1 fully saturated rings. The maximum absolute atomic E-state index is 10.1. The van der Waals surface area contributed by atoms with E-state index in [1.54, 1.807) is 6.07 Å². The van der Waals surface area contributed by atoms with E-state index in [2.05, 4.69) is 39.7 Å². The number of nitrogens with one attached hydrogen (secondary N) is 1. The van der Waals surface area contributed by atoms with E-state index >= 15 is 0 Å². The molecule has 3 aromatic rings. The predicted molar refractivity (Wildman–Crippen MR) is 128 cm³/mol. The molecule has 34 heavy (non-hydrogen) atoms. The summed E-state index contributed by atoms with van der Waals surface area (Å²) >= 11 is 6.22. The van der Waals surface area contributed by atoms with Crippen molar-refractivity contribution in [3.05, 3.63) is 65.0 Å². The maximum Gasteiger partial charge on any atom is 0.214 e. The minimum atomic E-state index is -1.24. The molecule has 9 nitrogen and oxygen atoms in total. The van der Waals surface area contributed by atoms with Gasteiger partial charge in [0, 0.05) is 35.9 Å². The number of benzene rings is 2. The van der Waals surface area contributed by atoms with Gasteiger partial charge in [-0.3, -0.25) is 4.90 Å². The van der Waals surface area contributed by atoms with Gasteiger partial charge >= 0.3 is 0 Å². The van der Waals surface area contributed by atoms with Crippen LogP contribution in [-0.2, 0) is 12.8 Å². The highest BCUT2D eigenvalue weighted by Gasteiger charge is 2.40. The summed E-state index contributed by atoms with van der Waals surface area (Å²) in [6, 6.07) is 13.2. The van der Waals surface area contributed by atoms with E-state index in [9.17, 15) is 20.4 Å². The molecule has 5 N–H and O–H groups in total. The van der Waals surface area contributed by atoms with Crippen molar-refractivity contribution >= 4 is 17.3 Å². The van der Waals surface area contributed by atoms with E-state index in [0.29, 0.717) is 23.8 Å². The molecule has 4 rings (SSSR count). The first-order valence-electron chi connectivity index (χ1n) is 11.2. The highest BCUT2D eigenvalue weighted by Crippen LogP contribution is 2.25. The quantitative estimate of drug-likeness (QED) is 0.302. The Kier molecular flexibility index (Phi) is 8.15. The van der Waals surface area contributed by atoms with Crippen molar-refractivity contribution in [2.45, 2.75) is 37.2 Å². The summed E-state index contributed by atoms with van der Waals surface area (Å²) in [6.07, 6.45) is -0.645. The van der Waals surface area contributed by atoms with Gasteiger partial charge in [-0.25, -0.2) is 0 Å². The molecule has 0 unspecified atom stereocenters. The van der Waals surface area contributed by atoms with Crippen LogP contribution < -0.4 is 5.32 Å². The number of β-amino-alcohol motifs (C(OH)–C–C–N with tert-alkyl or cyclic N) is 1. The van der Waals surface area contributed by atoms with Crippen molar-refractivity contribution in [3.63, 3.8) is 0 Å². The number of piperidine rings is 1. The third-order valence-electron chi connectivity index (χ3n) is 6.19. The first-order valence-corrected chi connectivity index (χ1v) is 11.6. The van der Waals surface area contributed by atoms with Crippen LogP contribution in [0.15, 0.2) is 53.4 Å². The standard InChI is InChI=1S/C24H29ClN4O5/c25-18-9-17(24-27-14-34-28-24)10-19(11-18)26-7-5-15-1-3-16(4-2-15)6-8-29-12-21(31)23(33)22(32)20(29)13-30/h1-4,9-11,14,20-23,26,30-33H,5-8,12-13H2/t20-,21+,22-,23-/m1/s1. The smallest absolute Gasteiger partial charge is 0.214 e. The summed E-state index contributed by atoms with van der Waals surface area (Å²) in [7, 11) is 0. The second kappa shape index (κ2) is 11.3. The number of hydrogen-bond donors (Lipinski definition) is 5. The molecule has 0 radical (unpaired) electrons. The normalized spacial score (nSPS) is 23.2. The van der Waals surface area contributed by atoms with Crippen LogP contribution in [0.5, 0.6) is 0 Å². The Morgan fingerprint density at radius 1 is 1.03 bits per heavy atom. The monoisotopic (exact) mass is 488 g/mol. The van der Waals surface area contributed by atoms with Gasteiger partial charge in [-0.05, 0) is 42.2 Å². The van der Waals surface area contributed by atoms with Gasteiger partial charge in [0.25, 0.3) is 0 Å². The fraction of sp³-hybridized carbons (Fsp3) is 0.417. The number of likely N-dealkylation sites (tertiary alicyclic amines) is 1. The molecule has 10 heteroatoms. The van der Waals surface area contributed by atoms with Crippen LogP contribution in [0.3, 0.4) is 0 Å². The van der Waals surface area contributed by atoms with Gasteiger partial charge < -0.3 is 30.3 Å². The van der Waals surface area contributed by atoms with Crippen molar-refractivity contribution in [2.75, 3.05) is 31.6 Å². The topological polar surface area (TPSA) is 135 Å². The van der Waals surface area contributed by atoms with Gasteiger partial charge in [0.1, 0.15) is 12.2 Å². The molecule has 0 amide bonds. The first-order chi connectivity index (χ1) is 16.4. The molecule has 4 atom stereocenters. The zero-order chi connectivity index (χ0) is 24.1. The van der Waals surface area contributed by atoms with Gasteiger partial charge in [-0.2, -0.15) is 4.98 Å². The van der Waals surface area contributed by atoms with E-state index in [-0.39, 0.29) is 13.2 Å². The molecule has 1 saturated heterocycles. The van der Waals surface area contributed by atoms with Gasteiger partial charge in [0.05, 0.1) is 18.8 Å². The molecule has 1 aliphatic heterocycles. The average molecular weight is 489 g/mol. The van der Waals surface area contributed by atoms with Crippen molar-refractivity contribution in [3.8, 4) is 11.4 Å². The first kappa shape index (κ1) is 24.6. The average Bonchev–Trinajstić information content (AvgIpc) is 3.37. The van der Waals surface area contributed by atoms with Gasteiger partial charge in [-0.15, -0.1) is 0 Å². The third-order valence-corrected chi connectivity index (χ3v) is 6.40. The Bertz CT molecular complexity index is 1050. The zero-order valence-corrected chi connectivity index (χ0v) is 19.3. The lowest BCUT2D eigenvalue weighted by atomic mass is 9.93. The minimum absolute atomic E-state index is 0.213. The number of halogens is 1. The highest BCUT2D eigenvalue weighted by molar-refractivity contribution is 6.31. The van der Waals surface area contributed by atoms with Crippen LogP contribution in [0.2, 0.25) is 5.02 Å². The zero-order valence-electron chi connectivity index (χ0n) is 18.6. The Balaban J connectivity index is 1.27. The molecule has 182 valence electrons. The summed E-state index contributed by atoms with van der Waals surface area (Å²) in [5, 5.41) is 47.3. The summed E-state index contributed by atoms with van der Waals surface area (Å²) < 4.78 is 4.80. The third kappa shape index (κ3) is 5.93. The SMILES string of the molecule is OC[C@@H]1[C@@H](O)[C@H](O)[C@@H](O)CN1CCc1ccc(CCNc2cc(Cl)cc(-c3ncon3)c2)cc1. The fourth-order valence-electron chi connectivity index (χ4n) is 4.25. The molecular formula is C24H29ClN4O5. The number of anilines is 1. The van der Waals surface area contributed by atoms with Crippen molar-refractivity contribution in [2.24, 2.45) is 0 Å². The largest absolute Gasteiger partial charge is 0.395 e. The Labute approximate surface area is 202 Å². The fourth-order valence-corrected chi connectivity index (χ4v) is 4.49. The minimum Gasteiger partial charge on any atom is -0.395 e. The second-order valence-electron chi connectivity index (χ2n) is 8.52. The number of aliphatic hydroxyl groups excluding tert-OH is 4. The number of rotatable bonds is 9. The number of nitrogens with zero attached hydrogens (tertiary/aromatic N) is 3. The summed E-state index contributed by atoms with van der Waals surface area (Å²) in [4.78, 5) is 5.88. The van der Waals surface area contributed by atoms with Crippen LogP contribution in [0.25, 0.3) is 11.4 Å². The summed E-state index contributed by atoms with van der Waals surface area (Å²) in [5.74, 6) is 0.483. The number of aromatic nitrogens is 2. The van der Waals surface area contributed by atoms with E-state index in [0.717, 1.165) is 29.8 Å². The molecule has 0 bridgehead atoms. The Morgan fingerprint density at radius 3 is 2.44 bits per heavy atom. The van der Waals surface area contributed by atoms with Gasteiger partial charge in [0.2, 0.25) is 12.2 Å². The van der Waals surface area contributed by atoms with Crippen molar-refractivity contribution < 1.29 is 24.9 Å². The lowest BCUT2D eigenvalue weighted by Crippen LogP contribution is -2.62. The maximum atomic E-state index is 10.1. The molecule has 0 aliphatic carbocycles. The Hall–Kier alpha value is -2.53. The second-order valence-corrected chi connectivity index (χ2v) is 8.96. The highest BCUT2D eigenvalue weighted by atomic mass is 35.5. The number of hydrogen-bond acceptors (Lipinski definition) is 9. The van der Waals surface area contributed by atoms with Crippen LogP contribution in [0.1, 0.15) is 11.1 Å². The molecule has 1 aromatic heterocycles. The van der Waals surface area contributed by atoms with E-state index in [1.165, 1.54) is 12.0 Å². The van der Waals surface area contributed by atoms with Crippen LogP contribution in [-0.4, -0.2) is 86.1 Å². The summed E-state index contributed by atoms with van der Waals surface area (Å²) in [5.41, 5.74) is 3.94. The van der Waals surface area contributed by atoms with Crippen LogP contribution in [0, 0.1) is 0 Å². The van der Waals surface area contributed by atoms with Crippen molar-refractivity contribution in [1.82, 2.24) is 15.0 Å². The lowest BCUT2D eigenvalue weighted by Gasteiger charge is -2.43. The van der Waals surface area contributed by atoms with Crippen molar-refractivity contribution in [1.29, 1.82) is 0 Å². The van der Waals surface area contributed by atoms with E-state index < -0.39 is 24.4 Å². The van der Waals surface area contributed by atoms with E-state index in [4.69, 9.17) is 16.1 Å². The van der Waals surface area contributed by atoms with E-state index in [1.807, 2.05) is 17.0 Å².